The summed E-state index contributed by atoms with van der Waals surface area (Å²) in [6.45, 7) is 8.66. The summed E-state index contributed by atoms with van der Waals surface area (Å²) in [4.78, 5) is 33.7. The number of amides is 1. The van der Waals surface area contributed by atoms with E-state index in [2.05, 4.69) is 15.4 Å². The van der Waals surface area contributed by atoms with Crippen LogP contribution in [0.5, 0.6) is 5.75 Å². The molecule has 0 spiro atoms. The SMILES string of the molecule is COc1ccc2c(c1)C(c1ccc(Cl)cc1)=N[C@@H](CC(=O)CCCCCCCCCCC(=O)N1CCN(S(=O)(=O)c3cc(-c4c(C)noc4C)ccc3C)CC1)c1nnc(C)n1-2. The highest BCUT2D eigenvalue weighted by molar-refractivity contribution is 7.89. The summed E-state index contributed by atoms with van der Waals surface area (Å²) >= 11 is 6.24. The average molecular weight is 883 g/mol. The highest BCUT2D eigenvalue weighted by atomic mass is 35.5. The van der Waals surface area contributed by atoms with E-state index < -0.39 is 16.1 Å². The summed E-state index contributed by atoms with van der Waals surface area (Å²) in [6.07, 6.45) is 9.03. The largest absolute Gasteiger partial charge is 0.497 e. The second-order valence-electron chi connectivity index (χ2n) is 16.4. The van der Waals surface area contributed by atoms with E-state index in [9.17, 15) is 18.0 Å². The summed E-state index contributed by atoms with van der Waals surface area (Å²) in [5.41, 5.74) is 6.33. The first kappa shape index (κ1) is 44.9. The lowest BCUT2D eigenvalue weighted by Crippen LogP contribution is -2.50. The minimum absolute atomic E-state index is 0.0826. The number of halogens is 1. The summed E-state index contributed by atoms with van der Waals surface area (Å²) in [7, 11) is -2.11. The molecule has 2 aliphatic rings. The number of nitrogens with zero attached hydrogens (tertiary/aromatic N) is 7. The molecular formula is C47H56ClN7O6S. The van der Waals surface area contributed by atoms with Crippen LogP contribution in [0.15, 0.2) is 75.1 Å². The standard InChI is InChI=1S/C47H56ClN7O6S/c1-31-16-17-36(45-32(2)52-61-33(45)3)28-43(31)62(58,59)54-26-24-53(25-27-54)44(57)15-13-11-9-7-6-8-10-12-14-38(56)29-41-47-51-50-34(4)55(47)42-23-22-39(60-5)30-40(42)46(49-41)35-18-20-37(48)21-19-35/h16-23,28,30,41H,6-15,24-27,29H2,1-5H3/t41-/m0/s1. The number of unbranched alkanes of at least 4 members (excludes halogenated alkanes) is 7. The molecule has 328 valence electrons. The van der Waals surface area contributed by atoms with Crippen LogP contribution < -0.4 is 4.74 Å². The maximum absolute atomic E-state index is 13.7. The Balaban J connectivity index is 0.812. The molecule has 0 aliphatic carbocycles. The molecule has 2 aliphatic heterocycles. The molecule has 15 heteroatoms. The average Bonchev–Trinajstić information content (AvgIpc) is 3.78. The summed E-state index contributed by atoms with van der Waals surface area (Å²) in [6, 6.07) is 18.3. The van der Waals surface area contributed by atoms with E-state index in [0.717, 1.165) is 90.8 Å². The number of hydrogen-bond acceptors (Lipinski definition) is 10. The number of aliphatic imine (C=N–C) groups is 1. The van der Waals surface area contributed by atoms with Crippen LogP contribution in [0.1, 0.15) is 116 Å². The van der Waals surface area contributed by atoms with E-state index in [1.54, 1.807) is 25.0 Å². The number of fused-ring (bicyclic) bond motifs is 3. The third-order valence-electron chi connectivity index (χ3n) is 12.0. The zero-order valence-corrected chi connectivity index (χ0v) is 37.9. The number of piperazine rings is 1. The van der Waals surface area contributed by atoms with E-state index in [0.29, 0.717) is 59.5 Å². The molecule has 13 nitrogen and oxygen atoms in total. The molecular weight excluding hydrogens is 826 g/mol. The monoisotopic (exact) mass is 881 g/mol. The minimum Gasteiger partial charge on any atom is -0.497 e. The van der Waals surface area contributed by atoms with Gasteiger partial charge in [-0.2, -0.15) is 4.31 Å². The van der Waals surface area contributed by atoms with Crippen molar-refractivity contribution in [3.8, 4) is 22.6 Å². The third kappa shape index (κ3) is 10.0. The van der Waals surface area contributed by atoms with Gasteiger partial charge in [-0.1, -0.05) is 79.5 Å². The predicted octanol–water partition coefficient (Wildman–Crippen LogP) is 9.10. The number of aryl methyl sites for hydroxylation is 4. The Kier molecular flexibility index (Phi) is 14.4. The van der Waals surface area contributed by atoms with E-state index >= 15 is 0 Å². The number of sulfonamides is 1. The molecule has 1 saturated heterocycles. The number of aromatic nitrogens is 4. The lowest BCUT2D eigenvalue weighted by Gasteiger charge is -2.34. The van der Waals surface area contributed by atoms with Gasteiger partial charge in [0.15, 0.2) is 5.82 Å². The number of carbonyl (C=O) groups is 2. The fourth-order valence-corrected chi connectivity index (χ4v) is 10.4. The summed E-state index contributed by atoms with van der Waals surface area (Å²) in [5, 5.41) is 13.5. The molecule has 0 N–H and O–H groups in total. The molecule has 7 rings (SSSR count). The van der Waals surface area contributed by atoms with Crippen molar-refractivity contribution in [1.29, 1.82) is 0 Å². The van der Waals surface area contributed by atoms with Crippen LogP contribution in [-0.2, 0) is 19.6 Å². The fourth-order valence-electron chi connectivity index (χ4n) is 8.56. The number of Topliss-reactive ketones (excluding diaryl/α,β-unsaturated/α-hetero) is 1. The van der Waals surface area contributed by atoms with Gasteiger partial charge < -0.3 is 14.2 Å². The van der Waals surface area contributed by atoms with Gasteiger partial charge in [-0.05, 0) is 88.1 Å². The number of benzene rings is 3. The molecule has 1 amide bonds. The van der Waals surface area contributed by atoms with Crippen molar-refractivity contribution >= 4 is 39.0 Å². The normalized spacial score (nSPS) is 15.5. The predicted molar refractivity (Wildman–Crippen MR) is 240 cm³/mol. The van der Waals surface area contributed by atoms with E-state index in [1.807, 2.05) is 79.9 Å². The number of ketones is 1. The molecule has 0 unspecified atom stereocenters. The number of methoxy groups -OCH3 is 1. The van der Waals surface area contributed by atoms with E-state index in [4.69, 9.17) is 25.9 Å². The van der Waals surface area contributed by atoms with Gasteiger partial charge in [0.2, 0.25) is 15.9 Å². The van der Waals surface area contributed by atoms with Gasteiger partial charge in [-0.3, -0.25) is 19.1 Å². The number of ether oxygens (including phenoxy) is 1. The van der Waals surface area contributed by atoms with Gasteiger partial charge in [-0.25, -0.2) is 8.42 Å². The second kappa shape index (κ2) is 19.9. The van der Waals surface area contributed by atoms with Crippen molar-refractivity contribution in [2.45, 2.75) is 109 Å². The molecule has 3 aromatic carbocycles. The maximum atomic E-state index is 13.7. The van der Waals surface area contributed by atoms with Crippen LogP contribution in [0.2, 0.25) is 5.02 Å². The number of hydrogen-bond donors (Lipinski definition) is 0. The van der Waals surface area contributed by atoms with Gasteiger partial charge >= 0.3 is 0 Å². The van der Waals surface area contributed by atoms with Crippen molar-refractivity contribution in [1.82, 2.24) is 29.1 Å². The lowest BCUT2D eigenvalue weighted by atomic mass is 9.99. The zero-order valence-electron chi connectivity index (χ0n) is 36.3. The van der Waals surface area contributed by atoms with E-state index in [1.165, 1.54) is 4.31 Å². The molecule has 1 atom stereocenters. The molecule has 0 radical (unpaired) electrons. The van der Waals surface area contributed by atoms with Crippen LogP contribution in [0.4, 0.5) is 0 Å². The molecule has 1 fully saturated rings. The van der Waals surface area contributed by atoms with Crippen molar-refractivity contribution in [2.75, 3.05) is 33.3 Å². The molecule has 0 bridgehead atoms. The first-order valence-electron chi connectivity index (χ1n) is 21.6. The number of rotatable bonds is 18. The van der Waals surface area contributed by atoms with Crippen molar-refractivity contribution in [3.63, 3.8) is 0 Å². The van der Waals surface area contributed by atoms with Gasteiger partial charge in [0.25, 0.3) is 0 Å². The molecule has 5 aromatic rings. The van der Waals surface area contributed by atoms with E-state index in [-0.39, 0.29) is 36.1 Å². The molecule has 62 heavy (non-hydrogen) atoms. The highest BCUT2D eigenvalue weighted by Crippen LogP contribution is 2.36. The summed E-state index contributed by atoms with van der Waals surface area (Å²) < 4.78 is 41.9. The maximum Gasteiger partial charge on any atom is 0.243 e. The van der Waals surface area contributed by atoms with Crippen LogP contribution in [0, 0.1) is 27.7 Å². The quantitative estimate of drug-likeness (QED) is 0.0785. The highest BCUT2D eigenvalue weighted by Gasteiger charge is 2.32. The first-order valence-corrected chi connectivity index (χ1v) is 23.5. The lowest BCUT2D eigenvalue weighted by molar-refractivity contribution is -0.132. The smallest absolute Gasteiger partial charge is 0.243 e. The Morgan fingerprint density at radius 2 is 1.47 bits per heavy atom. The van der Waals surface area contributed by atoms with Crippen LogP contribution >= 0.6 is 11.6 Å². The van der Waals surface area contributed by atoms with Crippen molar-refractivity contribution in [2.24, 2.45) is 4.99 Å². The van der Waals surface area contributed by atoms with Gasteiger partial charge in [0.05, 0.1) is 29.1 Å². The topological polar surface area (TPSA) is 153 Å². The Morgan fingerprint density at radius 3 is 2.13 bits per heavy atom. The van der Waals surface area contributed by atoms with Gasteiger partial charge in [-0.15, -0.1) is 10.2 Å². The second-order valence-corrected chi connectivity index (χ2v) is 18.7. The van der Waals surface area contributed by atoms with Gasteiger partial charge in [0, 0.05) is 67.2 Å². The van der Waals surface area contributed by atoms with Crippen molar-refractivity contribution in [3.05, 3.63) is 105 Å². The van der Waals surface area contributed by atoms with Crippen LogP contribution in [0.25, 0.3) is 16.8 Å². The van der Waals surface area contributed by atoms with Crippen LogP contribution in [-0.4, -0.2) is 88.2 Å². The Hall–Kier alpha value is -5.18. The molecule has 0 saturated carbocycles. The third-order valence-corrected chi connectivity index (χ3v) is 14.3. The van der Waals surface area contributed by atoms with Crippen LogP contribution in [0.3, 0.4) is 0 Å². The first-order chi connectivity index (χ1) is 29.8. The Bertz CT molecular complexity index is 2520. The Morgan fingerprint density at radius 1 is 0.806 bits per heavy atom. The molecule has 2 aromatic heterocycles. The van der Waals surface area contributed by atoms with Crippen molar-refractivity contribution < 1.29 is 27.3 Å². The van der Waals surface area contributed by atoms with Gasteiger partial charge in [0.1, 0.15) is 29.2 Å². The minimum atomic E-state index is -3.75. The zero-order chi connectivity index (χ0) is 44.0. The fraction of sp³-hybridized carbons (Fsp3) is 0.447. The number of carbonyl (C=O) groups excluding carboxylic acids is 2. The Labute approximate surface area is 369 Å². The molecule has 4 heterocycles. The summed E-state index contributed by atoms with van der Waals surface area (Å²) in [5.74, 6) is 2.93.